The number of fused-ring (bicyclic) bond motifs is 1. The lowest BCUT2D eigenvalue weighted by Crippen LogP contribution is -2.40. The van der Waals surface area contributed by atoms with Crippen LogP contribution in [0.1, 0.15) is 68.4 Å². The topological polar surface area (TPSA) is 75.7 Å². The average molecular weight is 627 g/mol. The molecule has 2 amide bonds. The van der Waals surface area contributed by atoms with Crippen LogP contribution < -0.4 is 5.32 Å². The van der Waals surface area contributed by atoms with Crippen LogP contribution in [0.5, 0.6) is 0 Å². The van der Waals surface area contributed by atoms with Crippen LogP contribution in [-0.4, -0.2) is 41.0 Å². The van der Waals surface area contributed by atoms with Crippen LogP contribution in [0.4, 0.5) is 23.2 Å². The maximum Gasteiger partial charge on any atom is 0.392 e. The Labute approximate surface area is 260 Å². The van der Waals surface area contributed by atoms with Crippen molar-refractivity contribution in [1.82, 2.24) is 4.90 Å². The van der Waals surface area contributed by atoms with Crippen molar-refractivity contribution in [3.8, 4) is 0 Å². The number of esters is 1. The summed E-state index contributed by atoms with van der Waals surface area (Å²) in [4.78, 5) is 40.6. The molecule has 0 spiro atoms. The van der Waals surface area contributed by atoms with Crippen LogP contribution in [0.2, 0.25) is 0 Å². The summed E-state index contributed by atoms with van der Waals surface area (Å²) in [6.45, 7) is 6.74. The molecule has 45 heavy (non-hydrogen) atoms. The molecule has 2 aromatic carbocycles. The van der Waals surface area contributed by atoms with E-state index in [1.165, 1.54) is 17.0 Å². The number of ether oxygens (including phenoxy) is 1. The van der Waals surface area contributed by atoms with Crippen molar-refractivity contribution in [3.05, 3.63) is 88.8 Å². The summed E-state index contributed by atoms with van der Waals surface area (Å²) in [6, 6.07) is 11.2. The Morgan fingerprint density at radius 1 is 1.11 bits per heavy atom. The molecule has 1 aliphatic heterocycles. The summed E-state index contributed by atoms with van der Waals surface area (Å²) in [5.41, 5.74) is 1.23. The van der Waals surface area contributed by atoms with Gasteiger partial charge in [-0.2, -0.15) is 13.2 Å². The summed E-state index contributed by atoms with van der Waals surface area (Å²) >= 11 is 0. The molecule has 3 atom stereocenters. The molecule has 1 fully saturated rings. The van der Waals surface area contributed by atoms with Gasteiger partial charge in [0, 0.05) is 23.4 Å². The first-order chi connectivity index (χ1) is 21.1. The molecule has 1 saturated carbocycles. The first kappa shape index (κ1) is 32.4. The van der Waals surface area contributed by atoms with Gasteiger partial charge in [0.15, 0.2) is 0 Å². The lowest BCUT2D eigenvalue weighted by atomic mass is 9.77. The van der Waals surface area contributed by atoms with E-state index < -0.39 is 46.7 Å². The predicted octanol–water partition coefficient (Wildman–Crippen LogP) is 7.40. The maximum absolute atomic E-state index is 14.2. The van der Waals surface area contributed by atoms with Crippen LogP contribution in [-0.2, 0) is 27.3 Å². The molecule has 1 N–H and O–H groups in total. The Balaban J connectivity index is 1.26. The quantitative estimate of drug-likeness (QED) is 0.233. The van der Waals surface area contributed by atoms with E-state index in [0.29, 0.717) is 41.6 Å². The minimum absolute atomic E-state index is 0.115. The van der Waals surface area contributed by atoms with Crippen molar-refractivity contribution in [3.63, 3.8) is 0 Å². The molecule has 0 aromatic heterocycles. The highest BCUT2D eigenvalue weighted by Crippen LogP contribution is 2.50. The molecule has 0 radical (unpaired) electrons. The number of anilines is 1. The first-order valence-electron chi connectivity index (χ1n) is 15.2. The van der Waals surface area contributed by atoms with Gasteiger partial charge in [0.05, 0.1) is 23.8 Å². The molecule has 0 saturated heterocycles. The van der Waals surface area contributed by atoms with Crippen molar-refractivity contribution in [2.45, 2.75) is 71.7 Å². The standard InChI is InChI=1S/C35H38F4N2O4/c1-21(35(37,38)39)29(24-13-11-22(12-14-24)19-41-20-27-26(31(41)43)9-6-10-28(27)36)30(42)40-25-8-5-7-23(17-25)18-34(15-16-34)32(44)45-33(2,3)4/h5-13,17,21,24,29H,14-16,18-20H2,1-4H3,(H,40,42)/t21-,24?,29+/m1/s1. The third kappa shape index (κ3) is 7.31. The SMILES string of the molecule is C[C@H]([C@H](C(=O)Nc1cccc(CC2(C(=O)OC(C)(C)C)CC2)c1)C1C=CC(CN2Cc3c(F)cccc3C2=O)=CC1)C(F)(F)F. The summed E-state index contributed by atoms with van der Waals surface area (Å²) in [5.74, 6) is -5.85. The van der Waals surface area contributed by atoms with Gasteiger partial charge >= 0.3 is 12.1 Å². The Morgan fingerprint density at radius 3 is 2.42 bits per heavy atom. The minimum Gasteiger partial charge on any atom is -0.460 e. The van der Waals surface area contributed by atoms with Gasteiger partial charge in [0.1, 0.15) is 11.4 Å². The zero-order valence-corrected chi connectivity index (χ0v) is 25.8. The van der Waals surface area contributed by atoms with Gasteiger partial charge in [0.25, 0.3) is 5.91 Å². The molecule has 5 rings (SSSR count). The van der Waals surface area contributed by atoms with Gasteiger partial charge in [0.2, 0.25) is 5.91 Å². The summed E-state index contributed by atoms with van der Waals surface area (Å²) in [5, 5.41) is 2.70. The number of rotatable bonds is 9. The second kappa shape index (κ2) is 12.1. The van der Waals surface area contributed by atoms with E-state index in [4.69, 9.17) is 4.74 Å². The highest BCUT2D eigenvalue weighted by Gasteiger charge is 2.52. The van der Waals surface area contributed by atoms with Gasteiger partial charge < -0.3 is 15.0 Å². The van der Waals surface area contributed by atoms with Crippen LogP contribution in [0.3, 0.4) is 0 Å². The highest BCUT2D eigenvalue weighted by molar-refractivity contribution is 5.98. The minimum atomic E-state index is -4.61. The summed E-state index contributed by atoms with van der Waals surface area (Å²) < 4.78 is 61.8. The van der Waals surface area contributed by atoms with Crippen molar-refractivity contribution >= 4 is 23.5 Å². The van der Waals surface area contributed by atoms with Crippen molar-refractivity contribution in [2.24, 2.45) is 23.2 Å². The van der Waals surface area contributed by atoms with Crippen molar-refractivity contribution < 1.29 is 36.7 Å². The number of halogens is 4. The number of allylic oxidation sites excluding steroid dienone is 2. The number of carbonyl (C=O) groups excluding carboxylic acids is 3. The van der Waals surface area contributed by atoms with Gasteiger partial charge in [-0.3, -0.25) is 14.4 Å². The second-order valence-corrected chi connectivity index (χ2v) is 13.5. The molecular weight excluding hydrogens is 588 g/mol. The molecule has 10 heteroatoms. The number of carbonyl (C=O) groups is 3. The van der Waals surface area contributed by atoms with E-state index in [1.807, 2.05) is 26.8 Å². The smallest absolute Gasteiger partial charge is 0.392 e. The Kier molecular flexibility index (Phi) is 8.72. The Morgan fingerprint density at radius 2 is 1.82 bits per heavy atom. The molecular formula is C35H38F4N2O4. The van der Waals surface area contributed by atoms with Crippen LogP contribution in [0.25, 0.3) is 0 Å². The number of amides is 2. The number of hydrogen-bond acceptors (Lipinski definition) is 4. The average Bonchev–Trinajstić information content (AvgIpc) is 3.66. The van der Waals surface area contributed by atoms with E-state index in [0.717, 1.165) is 12.5 Å². The van der Waals surface area contributed by atoms with Crippen LogP contribution >= 0.6 is 0 Å². The van der Waals surface area contributed by atoms with E-state index in [2.05, 4.69) is 5.32 Å². The molecule has 3 aliphatic rings. The van der Waals surface area contributed by atoms with Gasteiger partial charge in [-0.25, -0.2) is 4.39 Å². The summed E-state index contributed by atoms with van der Waals surface area (Å²) in [7, 11) is 0. The molecule has 2 aliphatic carbocycles. The van der Waals surface area contributed by atoms with Crippen LogP contribution in [0, 0.1) is 29.0 Å². The van der Waals surface area contributed by atoms with E-state index in [-0.39, 0.29) is 31.4 Å². The summed E-state index contributed by atoms with van der Waals surface area (Å²) in [6.07, 6.45) is 2.33. The van der Waals surface area contributed by atoms with Gasteiger partial charge in [-0.05, 0) is 87.8 Å². The zero-order valence-electron chi connectivity index (χ0n) is 25.8. The normalized spacial score (nSPS) is 20.3. The number of hydrogen-bond donors (Lipinski definition) is 1. The third-order valence-electron chi connectivity index (χ3n) is 8.81. The lowest BCUT2D eigenvalue weighted by Gasteiger charge is -2.32. The van der Waals surface area contributed by atoms with E-state index in [1.54, 1.807) is 42.5 Å². The van der Waals surface area contributed by atoms with Gasteiger partial charge in [-0.15, -0.1) is 0 Å². The fourth-order valence-corrected chi connectivity index (χ4v) is 6.13. The molecule has 6 nitrogen and oxygen atoms in total. The third-order valence-corrected chi connectivity index (χ3v) is 8.81. The maximum atomic E-state index is 14.2. The number of alkyl halides is 3. The highest BCUT2D eigenvalue weighted by atomic mass is 19.4. The fourth-order valence-electron chi connectivity index (χ4n) is 6.13. The first-order valence-corrected chi connectivity index (χ1v) is 15.2. The zero-order chi connectivity index (χ0) is 32.7. The van der Waals surface area contributed by atoms with Gasteiger partial charge in [-0.1, -0.05) is 43.4 Å². The molecule has 2 aromatic rings. The largest absolute Gasteiger partial charge is 0.460 e. The van der Waals surface area contributed by atoms with E-state index >= 15 is 0 Å². The number of nitrogens with one attached hydrogen (secondary N) is 1. The predicted molar refractivity (Wildman–Crippen MR) is 161 cm³/mol. The van der Waals surface area contributed by atoms with E-state index in [9.17, 15) is 31.9 Å². The van der Waals surface area contributed by atoms with Crippen molar-refractivity contribution in [2.75, 3.05) is 11.9 Å². The van der Waals surface area contributed by atoms with Crippen molar-refractivity contribution in [1.29, 1.82) is 0 Å². The monoisotopic (exact) mass is 626 g/mol. The lowest BCUT2D eigenvalue weighted by molar-refractivity contribution is -0.188. The fraction of sp³-hybridized carbons (Fsp3) is 0.457. The molecule has 1 unspecified atom stereocenters. The molecule has 240 valence electrons. The Bertz CT molecular complexity index is 1550. The second-order valence-electron chi connectivity index (χ2n) is 13.5. The molecule has 0 bridgehead atoms. The Hall–Kier alpha value is -3.95. The number of benzene rings is 2. The number of nitrogens with zero attached hydrogens (tertiary/aromatic N) is 1. The molecule has 1 heterocycles. The van der Waals surface area contributed by atoms with Crippen LogP contribution in [0.15, 0.2) is 66.3 Å².